The topological polar surface area (TPSA) is 121 Å². The molecule has 0 bridgehead atoms. The second-order valence-corrected chi connectivity index (χ2v) is 7.26. The van der Waals surface area contributed by atoms with E-state index in [9.17, 15) is 24.0 Å². The Bertz CT molecular complexity index is 1270. The quantitative estimate of drug-likeness (QED) is 0.609. The second-order valence-electron chi connectivity index (χ2n) is 7.26. The van der Waals surface area contributed by atoms with Crippen molar-refractivity contribution in [1.29, 1.82) is 0 Å². The maximum Gasteiger partial charge on any atom is 0.273 e. The lowest BCUT2D eigenvalue weighted by molar-refractivity contribution is -0.129. The molecule has 0 unspecified atom stereocenters. The lowest BCUT2D eigenvalue weighted by atomic mass is 10.1. The van der Waals surface area contributed by atoms with Crippen LogP contribution < -0.4 is 21.3 Å². The highest BCUT2D eigenvalue weighted by atomic mass is 16.2. The Labute approximate surface area is 176 Å². The fraction of sp³-hybridized carbons (Fsp3) is 0.227. The normalized spacial score (nSPS) is 14.1. The molecule has 0 atom stereocenters. The molecule has 1 aliphatic rings. The fourth-order valence-corrected chi connectivity index (χ4v) is 3.58. The van der Waals surface area contributed by atoms with Crippen molar-refractivity contribution < 1.29 is 14.4 Å². The number of anilines is 2. The molecule has 1 fully saturated rings. The summed E-state index contributed by atoms with van der Waals surface area (Å²) in [6.45, 7) is 0.0135. The summed E-state index contributed by atoms with van der Waals surface area (Å²) in [6, 6.07) is 12.9. The summed E-state index contributed by atoms with van der Waals surface area (Å²) in [7, 11) is 0. The summed E-state index contributed by atoms with van der Waals surface area (Å²) < 4.78 is 1.13. The Morgan fingerprint density at radius 3 is 2.23 bits per heavy atom. The molecule has 0 saturated carbocycles. The molecule has 2 heterocycles. The Balaban J connectivity index is 1.42. The minimum atomic E-state index is -0.395. The first kappa shape index (κ1) is 20.3. The van der Waals surface area contributed by atoms with Gasteiger partial charge in [-0.2, -0.15) is 0 Å². The smallest absolute Gasteiger partial charge is 0.273 e. The molecule has 31 heavy (non-hydrogen) atoms. The summed E-state index contributed by atoms with van der Waals surface area (Å²) in [6.07, 6.45) is 1.20. The second kappa shape index (κ2) is 8.39. The first-order valence-electron chi connectivity index (χ1n) is 9.91. The minimum Gasteiger partial charge on any atom is -0.326 e. The van der Waals surface area contributed by atoms with Crippen LogP contribution in [0.1, 0.15) is 25.7 Å². The molecule has 0 aliphatic carbocycles. The van der Waals surface area contributed by atoms with E-state index >= 15 is 0 Å². The van der Waals surface area contributed by atoms with Gasteiger partial charge in [0.1, 0.15) is 0 Å². The maximum absolute atomic E-state index is 12.5. The molecule has 2 N–H and O–H groups in total. The molecular formula is C22H20N4O5. The number of rotatable bonds is 5. The van der Waals surface area contributed by atoms with Crippen molar-refractivity contribution >= 4 is 39.9 Å². The number of piperidine rings is 1. The van der Waals surface area contributed by atoms with Crippen LogP contribution in [0.5, 0.6) is 0 Å². The van der Waals surface area contributed by atoms with E-state index < -0.39 is 5.56 Å². The number of H-pyrrole nitrogens is 1. The molecule has 9 heteroatoms. The van der Waals surface area contributed by atoms with E-state index in [2.05, 4.69) is 10.4 Å². The molecule has 3 aromatic rings. The van der Waals surface area contributed by atoms with Crippen molar-refractivity contribution in [2.45, 2.75) is 32.2 Å². The van der Waals surface area contributed by atoms with Crippen LogP contribution in [0, 0.1) is 0 Å². The lowest BCUT2D eigenvalue weighted by Crippen LogP contribution is -2.40. The highest BCUT2D eigenvalue weighted by molar-refractivity contribution is 6.16. The van der Waals surface area contributed by atoms with Crippen LogP contribution in [0.3, 0.4) is 0 Å². The molecule has 0 radical (unpaired) electrons. The third-order valence-corrected chi connectivity index (χ3v) is 5.14. The molecule has 158 valence electrons. The molecule has 2 aromatic carbocycles. The number of aromatic amines is 1. The number of hydrogen-bond donors (Lipinski definition) is 2. The average molecular weight is 420 g/mol. The summed E-state index contributed by atoms with van der Waals surface area (Å²) in [5, 5.41) is 5.79. The number of amides is 3. The molecule has 1 aromatic heterocycles. The molecule has 1 aliphatic heterocycles. The van der Waals surface area contributed by atoms with Crippen molar-refractivity contribution in [3.8, 4) is 0 Å². The van der Waals surface area contributed by atoms with Crippen molar-refractivity contribution in [3.63, 3.8) is 0 Å². The molecule has 9 nitrogen and oxygen atoms in total. The highest BCUT2D eigenvalue weighted by Crippen LogP contribution is 2.23. The minimum absolute atomic E-state index is 0.0135. The SMILES string of the molecule is O=C(CCn1[nH]c(=O)c2ccccc2c1=O)Nc1ccc(N2C(=O)CCCC2=O)cc1. The van der Waals surface area contributed by atoms with E-state index in [-0.39, 0.29) is 36.2 Å². The summed E-state index contributed by atoms with van der Waals surface area (Å²) in [5.41, 5.74) is 0.189. The summed E-state index contributed by atoms with van der Waals surface area (Å²) in [5.74, 6) is -0.815. The van der Waals surface area contributed by atoms with Gasteiger partial charge in [-0.05, 0) is 42.8 Å². The van der Waals surface area contributed by atoms with Crippen LogP contribution in [0.25, 0.3) is 10.8 Å². The van der Waals surface area contributed by atoms with E-state index in [1.807, 2.05) is 0 Å². The first-order chi connectivity index (χ1) is 14.9. The number of nitrogens with zero attached hydrogens (tertiary/aromatic N) is 2. The van der Waals surface area contributed by atoms with Gasteiger partial charge < -0.3 is 5.32 Å². The Hall–Kier alpha value is -4.01. The van der Waals surface area contributed by atoms with Crippen LogP contribution in [-0.4, -0.2) is 27.5 Å². The number of carbonyl (C=O) groups excluding carboxylic acids is 3. The number of aryl methyl sites for hydroxylation is 1. The van der Waals surface area contributed by atoms with Gasteiger partial charge in [0.25, 0.3) is 11.1 Å². The van der Waals surface area contributed by atoms with Gasteiger partial charge in [0.05, 0.1) is 23.0 Å². The van der Waals surface area contributed by atoms with Crippen molar-refractivity contribution in [2.75, 3.05) is 10.2 Å². The lowest BCUT2D eigenvalue weighted by Gasteiger charge is -2.24. The molecule has 3 amide bonds. The third kappa shape index (κ3) is 4.16. The predicted octanol–water partition coefficient (Wildman–Crippen LogP) is 1.76. The zero-order valence-electron chi connectivity index (χ0n) is 16.6. The maximum atomic E-state index is 12.5. The number of nitrogens with one attached hydrogen (secondary N) is 2. The van der Waals surface area contributed by atoms with Gasteiger partial charge in [-0.15, -0.1) is 0 Å². The monoisotopic (exact) mass is 420 g/mol. The van der Waals surface area contributed by atoms with Gasteiger partial charge in [-0.3, -0.25) is 34.0 Å². The van der Waals surface area contributed by atoms with E-state index in [1.54, 1.807) is 48.5 Å². The highest BCUT2D eigenvalue weighted by Gasteiger charge is 2.27. The van der Waals surface area contributed by atoms with Gasteiger partial charge in [0, 0.05) is 24.9 Å². The van der Waals surface area contributed by atoms with Crippen molar-refractivity contribution in [2.24, 2.45) is 0 Å². The van der Waals surface area contributed by atoms with Crippen LogP contribution >= 0.6 is 0 Å². The zero-order chi connectivity index (χ0) is 22.0. The number of aromatic nitrogens is 2. The third-order valence-electron chi connectivity index (χ3n) is 5.14. The van der Waals surface area contributed by atoms with Crippen LogP contribution in [0.4, 0.5) is 11.4 Å². The number of hydrogen-bond acceptors (Lipinski definition) is 5. The summed E-state index contributed by atoms with van der Waals surface area (Å²) >= 11 is 0. The van der Waals surface area contributed by atoms with Crippen LogP contribution in [-0.2, 0) is 20.9 Å². The number of carbonyl (C=O) groups is 3. The van der Waals surface area contributed by atoms with Crippen LogP contribution in [0.2, 0.25) is 0 Å². The Kier molecular flexibility index (Phi) is 5.48. The fourth-order valence-electron chi connectivity index (χ4n) is 3.58. The molecular weight excluding hydrogens is 400 g/mol. The largest absolute Gasteiger partial charge is 0.326 e. The first-order valence-corrected chi connectivity index (χ1v) is 9.91. The van der Waals surface area contributed by atoms with Crippen LogP contribution in [0.15, 0.2) is 58.1 Å². The van der Waals surface area contributed by atoms with E-state index in [4.69, 9.17) is 0 Å². The molecule has 0 spiro atoms. The number of imide groups is 1. The Morgan fingerprint density at radius 1 is 0.903 bits per heavy atom. The van der Waals surface area contributed by atoms with Gasteiger partial charge in [-0.1, -0.05) is 12.1 Å². The van der Waals surface area contributed by atoms with Crippen molar-refractivity contribution in [3.05, 3.63) is 69.2 Å². The van der Waals surface area contributed by atoms with E-state index in [0.29, 0.717) is 41.4 Å². The van der Waals surface area contributed by atoms with Crippen molar-refractivity contribution in [1.82, 2.24) is 9.78 Å². The molecule has 4 rings (SSSR count). The number of fused-ring (bicyclic) bond motifs is 1. The van der Waals surface area contributed by atoms with E-state index in [0.717, 1.165) is 9.58 Å². The van der Waals surface area contributed by atoms with Gasteiger partial charge in [0.2, 0.25) is 17.7 Å². The summed E-state index contributed by atoms with van der Waals surface area (Å²) in [4.78, 5) is 62.1. The average Bonchev–Trinajstić information content (AvgIpc) is 2.76. The Morgan fingerprint density at radius 2 is 1.55 bits per heavy atom. The van der Waals surface area contributed by atoms with Gasteiger partial charge >= 0.3 is 0 Å². The predicted molar refractivity (Wildman–Crippen MR) is 115 cm³/mol. The number of benzene rings is 2. The zero-order valence-corrected chi connectivity index (χ0v) is 16.6. The van der Waals surface area contributed by atoms with Gasteiger partial charge in [0.15, 0.2) is 0 Å². The standard InChI is InChI=1S/C22H20N4O5/c27-18(12-13-25-22(31)17-5-2-1-4-16(17)21(30)24-25)23-14-8-10-15(11-9-14)26-19(28)6-3-7-20(26)29/h1-2,4-5,8-11H,3,6-7,12-13H2,(H,23,27)(H,24,30). The van der Waals surface area contributed by atoms with Gasteiger partial charge in [-0.25, -0.2) is 4.68 Å². The van der Waals surface area contributed by atoms with E-state index in [1.165, 1.54) is 0 Å². The molecule has 1 saturated heterocycles.